The highest BCUT2D eigenvalue weighted by Crippen LogP contribution is 2.39. The lowest BCUT2D eigenvalue weighted by Crippen LogP contribution is -2.38. The Bertz CT molecular complexity index is 405. The summed E-state index contributed by atoms with van der Waals surface area (Å²) in [4.78, 5) is 0. The van der Waals surface area contributed by atoms with Gasteiger partial charge in [-0.25, -0.2) is 0 Å². The second-order valence-electron chi connectivity index (χ2n) is 5.42. The number of nitrogens with one attached hydrogen (secondary N) is 1. The van der Waals surface area contributed by atoms with Gasteiger partial charge in [0.2, 0.25) is 0 Å². The highest BCUT2D eigenvalue weighted by atomic mass is 16.5. The van der Waals surface area contributed by atoms with E-state index >= 15 is 0 Å². The first-order chi connectivity index (χ1) is 9.15. The predicted molar refractivity (Wildman–Crippen MR) is 75.8 cm³/mol. The van der Waals surface area contributed by atoms with Crippen LogP contribution in [0.2, 0.25) is 0 Å². The molecule has 0 bridgehead atoms. The van der Waals surface area contributed by atoms with Crippen molar-refractivity contribution in [2.24, 2.45) is 11.8 Å². The molecule has 2 rings (SSSR count). The van der Waals surface area contributed by atoms with E-state index in [9.17, 15) is 0 Å². The van der Waals surface area contributed by atoms with Crippen LogP contribution in [0, 0.1) is 5.92 Å². The predicted octanol–water partition coefficient (Wildman–Crippen LogP) is 2.40. The van der Waals surface area contributed by atoms with Crippen molar-refractivity contribution in [1.82, 2.24) is 5.43 Å². The first kappa shape index (κ1) is 14.3. The van der Waals surface area contributed by atoms with E-state index in [1.807, 2.05) is 32.0 Å². The fourth-order valence-corrected chi connectivity index (χ4v) is 2.46. The molecule has 0 aromatic heterocycles. The van der Waals surface area contributed by atoms with Crippen molar-refractivity contribution in [2.45, 2.75) is 44.9 Å². The van der Waals surface area contributed by atoms with E-state index in [-0.39, 0.29) is 18.2 Å². The minimum atomic E-state index is 0.00760. The quantitative estimate of drug-likeness (QED) is 0.586. The van der Waals surface area contributed by atoms with Gasteiger partial charge in [-0.1, -0.05) is 12.1 Å². The van der Waals surface area contributed by atoms with Gasteiger partial charge >= 0.3 is 0 Å². The molecular formula is C15H24N2O2. The van der Waals surface area contributed by atoms with Crippen molar-refractivity contribution < 1.29 is 9.47 Å². The third kappa shape index (κ3) is 3.69. The molecule has 0 radical (unpaired) electrons. The van der Waals surface area contributed by atoms with Gasteiger partial charge < -0.3 is 9.47 Å². The van der Waals surface area contributed by atoms with E-state index < -0.39 is 0 Å². The fraction of sp³-hybridized carbons (Fsp3) is 0.600. The molecule has 4 heteroatoms. The van der Waals surface area contributed by atoms with Crippen LogP contribution in [0.5, 0.6) is 5.75 Å². The third-order valence-corrected chi connectivity index (χ3v) is 3.46. The van der Waals surface area contributed by atoms with Gasteiger partial charge in [0.1, 0.15) is 5.75 Å². The summed E-state index contributed by atoms with van der Waals surface area (Å²) >= 11 is 0. The van der Waals surface area contributed by atoms with Gasteiger partial charge in [-0.2, -0.15) is 0 Å². The van der Waals surface area contributed by atoms with Crippen LogP contribution in [0.25, 0.3) is 0 Å². The van der Waals surface area contributed by atoms with Crippen molar-refractivity contribution in [1.29, 1.82) is 0 Å². The molecule has 1 aromatic carbocycles. The summed E-state index contributed by atoms with van der Waals surface area (Å²) in [7, 11) is 1.75. The minimum absolute atomic E-state index is 0.00760. The summed E-state index contributed by atoms with van der Waals surface area (Å²) in [5.74, 6) is 7.21. The lowest BCUT2D eigenvalue weighted by molar-refractivity contribution is 0.0506. The standard InChI is InChI=1S/C15H24N2O2/c1-10(2)19-13-6-4-5-12(9-13)14(17-16)15(18-3)11-7-8-11/h4-6,9-11,14-15,17H,7-8,16H2,1-3H3. The summed E-state index contributed by atoms with van der Waals surface area (Å²) in [5.41, 5.74) is 4.00. The van der Waals surface area contributed by atoms with E-state index in [1.165, 1.54) is 12.8 Å². The lowest BCUT2D eigenvalue weighted by Gasteiger charge is -2.26. The molecule has 106 valence electrons. The van der Waals surface area contributed by atoms with Crippen LogP contribution in [0.3, 0.4) is 0 Å². The molecule has 0 aliphatic heterocycles. The smallest absolute Gasteiger partial charge is 0.120 e. The number of hydrazine groups is 1. The van der Waals surface area contributed by atoms with Gasteiger partial charge in [0, 0.05) is 7.11 Å². The lowest BCUT2D eigenvalue weighted by atomic mass is 9.98. The molecule has 1 aliphatic carbocycles. The normalized spacial score (nSPS) is 18.4. The maximum absolute atomic E-state index is 5.73. The maximum atomic E-state index is 5.73. The first-order valence-corrected chi connectivity index (χ1v) is 6.91. The van der Waals surface area contributed by atoms with Crippen LogP contribution in [-0.2, 0) is 4.74 Å². The van der Waals surface area contributed by atoms with Gasteiger partial charge in [0.15, 0.2) is 0 Å². The number of rotatable bonds is 7. The highest BCUT2D eigenvalue weighted by molar-refractivity contribution is 5.31. The molecule has 4 nitrogen and oxygen atoms in total. The minimum Gasteiger partial charge on any atom is -0.491 e. The number of methoxy groups -OCH3 is 1. The topological polar surface area (TPSA) is 56.5 Å². The van der Waals surface area contributed by atoms with Crippen molar-refractivity contribution in [2.75, 3.05) is 7.11 Å². The van der Waals surface area contributed by atoms with Crippen LogP contribution < -0.4 is 16.0 Å². The average molecular weight is 264 g/mol. The molecule has 1 saturated carbocycles. The monoisotopic (exact) mass is 264 g/mol. The van der Waals surface area contributed by atoms with Crippen LogP contribution in [0.1, 0.15) is 38.3 Å². The van der Waals surface area contributed by atoms with Crippen LogP contribution >= 0.6 is 0 Å². The molecule has 0 saturated heterocycles. The van der Waals surface area contributed by atoms with Crippen molar-refractivity contribution in [3.63, 3.8) is 0 Å². The van der Waals surface area contributed by atoms with E-state index in [0.29, 0.717) is 5.92 Å². The molecule has 2 unspecified atom stereocenters. The molecule has 3 N–H and O–H groups in total. The molecule has 0 heterocycles. The summed E-state index contributed by atoms with van der Waals surface area (Å²) in [6.45, 7) is 4.04. The zero-order valence-electron chi connectivity index (χ0n) is 11.9. The second-order valence-corrected chi connectivity index (χ2v) is 5.42. The highest BCUT2D eigenvalue weighted by Gasteiger charge is 2.37. The second kappa shape index (κ2) is 6.37. The number of nitrogens with two attached hydrogens (primary N) is 1. The molecule has 19 heavy (non-hydrogen) atoms. The largest absolute Gasteiger partial charge is 0.491 e. The first-order valence-electron chi connectivity index (χ1n) is 6.91. The van der Waals surface area contributed by atoms with Gasteiger partial charge in [0.25, 0.3) is 0 Å². The Morgan fingerprint density at radius 3 is 2.58 bits per heavy atom. The molecule has 1 aromatic rings. The molecule has 2 atom stereocenters. The summed E-state index contributed by atoms with van der Waals surface area (Å²) in [5, 5.41) is 0. The van der Waals surface area contributed by atoms with Crippen molar-refractivity contribution >= 4 is 0 Å². The van der Waals surface area contributed by atoms with E-state index in [4.69, 9.17) is 15.3 Å². The third-order valence-electron chi connectivity index (χ3n) is 3.46. The fourth-order valence-electron chi connectivity index (χ4n) is 2.46. The summed E-state index contributed by atoms with van der Waals surface area (Å²) < 4.78 is 11.3. The zero-order valence-corrected chi connectivity index (χ0v) is 11.9. The Kier molecular flexibility index (Phi) is 4.80. The number of hydrogen-bond acceptors (Lipinski definition) is 4. The van der Waals surface area contributed by atoms with Crippen LogP contribution in [0.15, 0.2) is 24.3 Å². The van der Waals surface area contributed by atoms with E-state index in [1.54, 1.807) is 7.11 Å². The van der Waals surface area contributed by atoms with Crippen LogP contribution in [0.4, 0.5) is 0 Å². The van der Waals surface area contributed by atoms with Crippen molar-refractivity contribution in [3.05, 3.63) is 29.8 Å². The van der Waals surface area contributed by atoms with Crippen LogP contribution in [-0.4, -0.2) is 19.3 Å². The van der Waals surface area contributed by atoms with E-state index in [0.717, 1.165) is 11.3 Å². The number of benzene rings is 1. The molecular weight excluding hydrogens is 240 g/mol. The Hall–Kier alpha value is -1.10. The summed E-state index contributed by atoms with van der Waals surface area (Å²) in [6.07, 6.45) is 2.73. The average Bonchev–Trinajstić information content (AvgIpc) is 3.19. The zero-order chi connectivity index (χ0) is 13.8. The number of ether oxygens (including phenoxy) is 2. The van der Waals surface area contributed by atoms with Gasteiger partial charge in [-0.15, -0.1) is 0 Å². The van der Waals surface area contributed by atoms with Gasteiger partial charge in [-0.3, -0.25) is 11.3 Å². The molecule has 0 amide bonds. The van der Waals surface area contributed by atoms with Gasteiger partial charge in [-0.05, 0) is 50.3 Å². The maximum Gasteiger partial charge on any atom is 0.120 e. The molecule has 0 spiro atoms. The van der Waals surface area contributed by atoms with E-state index in [2.05, 4.69) is 11.5 Å². The summed E-state index contributed by atoms with van der Waals surface area (Å²) in [6, 6.07) is 8.08. The van der Waals surface area contributed by atoms with Crippen molar-refractivity contribution in [3.8, 4) is 5.75 Å². The Balaban J connectivity index is 2.17. The molecule has 1 fully saturated rings. The Labute approximate surface area is 115 Å². The van der Waals surface area contributed by atoms with Gasteiger partial charge in [0.05, 0.1) is 18.2 Å². The Morgan fingerprint density at radius 2 is 2.05 bits per heavy atom. The SMILES string of the molecule is COC(C1CC1)C(NN)c1cccc(OC(C)C)c1. The Morgan fingerprint density at radius 1 is 1.32 bits per heavy atom. The number of hydrogen-bond donors (Lipinski definition) is 2. The molecule has 1 aliphatic rings.